The van der Waals surface area contributed by atoms with E-state index in [1.165, 1.54) is 5.56 Å². The minimum atomic E-state index is -0.823. The maximum Gasteiger partial charge on any atom is 0.326 e. The van der Waals surface area contributed by atoms with Gasteiger partial charge in [0.25, 0.3) is 0 Å². The Morgan fingerprint density at radius 1 is 0.906 bits per heavy atom. The van der Waals surface area contributed by atoms with E-state index in [4.69, 9.17) is 4.98 Å². The summed E-state index contributed by atoms with van der Waals surface area (Å²) in [5.41, 5.74) is 5.81. The molecular weight excluding hydrogens is 398 g/mol. The molecule has 2 aromatic carbocycles. The number of rotatable bonds is 9. The molecule has 0 aliphatic carbocycles. The molecule has 0 bridgehead atoms. The highest BCUT2D eigenvalue weighted by molar-refractivity contribution is 5.82. The molecular formula is C27H29N3O2. The van der Waals surface area contributed by atoms with E-state index < -0.39 is 12.0 Å². The zero-order chi connectivity index (χ0) is 22.5. The maximum absolute atomic E-state index is 12.4. The van der Waals surface area contributed by atoms with Gasteiger partial charge in [-0.1, -0.05) is 60.7 Å². The molecule has 5 heteroatoms. The fraction of sp³-hybridized carbons (Fsp3) is 0.296. The fourth-order valence-electron chi connectivity index (χ4n) is 4.38. The van der Waals surface area contributed by atoms with Gasteiger partial charge in [-0.3, -0.25) is 4.98 Å². The molecule has 0 amide bonds. The van der Waals surface area contributed by atoms with Crippen molar-refractivity contribution in [3.63, 3.8) is 0 Å². The third kappa shape index (κ3) is 4.88. The zero-order valence-corrected chi connectivity index (χ0v) is 18.7. The highest BCUT2D eigenvalue weighted by Gasteiger charge is 2.26. The number of aliphatic carboxylic acids is 1. The molecule has 1 N–H and O–H groups in total. The van der Waals surface area contributed by atoms with Crippen LogP contribution in [0.4, 0.5) is 0 Å². The Morgan fingerprint density at radius 2 is 1.53 bits per heavy atom. The van der Waals surface area contributed by atoms with Crippen LogP contribution in [0.25, 0.3) is 11.0 Å². The standard InChI is InChI=1S/C27H29N3O2/c1-19-18-24-26(20(2)28-19)29-25(15-9-14-21-10-5-3-6-11-21)30(24)23(27(31)32)17-16-22-12-7-4-8-13-22/h3-8,10-13,18,23H,9,14-17H2,1-2H3,(H,31,32). The third-order valence-electron chi connectivity index (χ3n) is 5.91. The minimum absolute atomic E-state index is 0.511. The Bertz CT molecular complexity index is 1200. The summed E-state index contributed by atoms with van der Waals surface area (Å²) in [5, 5.41) is 10.2. The van der Waals surface area contributed by atoms with Gasteiger partial charge in [0, 0.05) is 12.1 Å². The summed E-state index contributed by atoms with van der Waals surface area (Å²) < 4.78 is 1.95. The van der Waals surface area contributed by atoms with Crippen molar-refractivity contribution >= 4 is 17.0 Å². The number of aromatic nitrogens is 3. The second-order valence-electron chi connectivity index (χ2n) is 8.33. The first kappa shape index (κ1) is 21.8. The summed E-state index contributed by atoms with van der Waals surface area (Å²) in [4.78, 5) is 21.9. The van der Waals surface area contributed by atoms with Crippen molar-refractivity contribution in [2.24, 2.45) is 0 Å². The summed E-state index contributed by atoms with van der Waals surface area (Å²) in [6.45, 7) is 3.89. The number of carboxylic acid groups (broad SMARTS) is 1. The summed E-state index contributed by atoms with van der Waals surface area (Å²) >= 11 is 0. The average Bonchev–Trinajstić information content (AvgIpc) is 3.14. The molecule has 4 rings (SSSR count). The third-order valence-corrected chi connectivity index (χ3v) is 5.91. The number of imidazole rings is 1. The predicted molar refractivity (Wildman–Crippen MR) is 127 cm³/mol. The van der Waals surface area contributed by atoms with Crippen LogP contribution in [0, 0.1) is 13.8 Å². The lowest BCUT2D eigenvalue weighted by atomic mass is 10.0. The van der Waals surface area contributed by atoms with Crippen LogP contribution in [0.15, 0.2) is 66.7 Å². The zero-order valence-electron chi connectivity index (χ0n) is 18.7. The van der Waals surface area contributed by atoms with Gasteiger partial charge >= 0.3 is 5.97 Å². The van der Waals surface area contributed by atoms with Gasteiger partial charge in [-0.15, -0.1) is 0 Å². The molecule has 2 aromatic heterocycles. The van der Waals surface area contributed by atoms with Gasteiger partial charge in [-0.2, -0.15) is 0 Å². The Kier molecular flexibility index (Phi) is 6.64. The molecule has 0 radical (unpaired) electrons. The maximum atomic E-state index is 12.4. The molecule has 32 heavy (non-hydrogen) atoms. The number of nitrogens with zero attached hydrogens (tertiary/aromatic N) is 3. The molecule has 0 aliphatic rings. The summed E-state index contributed by atoms with van der Waals surface area (Å²) in [5.74, 6) is 0.00329. The van der Waals surface area contributed by atoms with Crippen molar-refractivity contribution in [1.29, 1.82) is 0 Å². The quantitative estimate of drug-likeness (QED) is 0.384. The van der Waals surface area contributed by atoms with E-state index in [1.54, 1.807) is 0 Å². The topological polar surface area (TPSA) is 68.0 Å². The van der Waals surface area contributed by atoms with Crippen LogP contribution >= 0.6 is 0 Å². The fourth-order valence-corrected chi connectivity index (χ4v) is 4.38. The number of benzene rings is 2. The molecule has 2 heterocycles. The molecule has 5 nitrogen and oxygen atoms in total. The normalized spacial score (nSPS) is 12.2. The Morgan fingerprint density at radius 3 is 2.16 bits per heavy atom. The number of fused-ring (bicyclic) bond motifs is 1. The van der Waals surface area contributed by atoms with Crippen LogP contribution in [0.2, 0.25) is 0 Å². The molecule has 0 saturated heterocycles. The number of aryl methyl sites for hydroxylation is 5. The molecule has 1 unspecified atom stereocenters. The first-order valence-electron chi connectivity index (χ1n) is 11.2. The number of carboxylic acids is 1. The van der Waals surface area contributed by atoms with Crippen LogP contribution in [-0.4, -0.2) is 25.6 Å². The lowest BCUT2D eigenvalue weighted by molar-refractivity contribution is -0.141. The van der Waals surface area contributed by atoms with Gasteiger partial charge in [0.05, 0.1) is 11.2 Å². The van der Waals surface area contributed by atoms with Crippen molar-refractivity contribution in [3.05, 3.63) is 95.1 Å². The molecule has 0 fully saturated rings. The van der Waals surface area contributed by atoms with Gasteiger partial charge in [0.2, 0.25) is 0 Å². The van der Waals surface area contributed by atoms with Crippen molar-refractivity contribution < 1.29 is 9.90 Å². The Labute approximate surface area is 188 Å². The highest BCUT2D eigenvalue weighted by Crippen LogP contribution is 2.28. The summed E-state index contributed by atoms with van der Waals surface area (Å²) in [7, 11) is 0. The molecule has 0 aliphatic heterocycles. The van der Waals surface area contributed by atoms with Crippen molar-refractivity contribution in [2.75, 3.05) is 0 Å². The van der Waals surface area contributed by atoms with E-state index in [9.17, 15) is 9.90 Å². The smallest absolute Gasteiger partial charge is 0.326 e. The first-order chi connectivity index (χ1) is 15.5. The predicted octanol–water partition coefficient (Wildman–Crippen LogP) is 5.48. The molecule has 1 atom stereocenters. The SMILES string of the molecule is Cc1cc2c(nc(CCCc3ccccc3)n2C(CCc2ccccc2)C(=O)O)c(C)n1. The molecule has 0 saturated carbocycles. The Hall–Kier alpha value is -3.47. The monoisotopic (exact) mass is 427 g/mol. The van der Waals surface area contributed by atoms with Gasteiger partial charge in [-0.25, -0.2) is 9.78 Å². The van der Waals surface area contributed by atoms with Gasteiger partial charge in [0.15, 0.2) is 0 Å². The van der Waals surface area contributed by atoms with E-state index in [-0.39, 0.29) is 0 Å². The second kappa shape index (κ2) is 9.77. The lowest BCUT2D eigenvalue weighted by Gasteiger charge is -2.18. The minimum Gasteiger partial charge on any atom is -0.480 e. The molecule has 4 aromatic rings. The van der Waals surface area contributed by atoms with E-state index >= 15 is 0 Å². The highest BCUT2D eigenvalue weighted by atomic mass is 16.4. The Balaban J connectivity index is 1.67. The van der Waals surface area contributed by atoms with Crippen LogP contribution in [-0.2, 0) is 24.1 Å². The van der Waals surface area contributed by atoms with E-state index in [2.05, 4.69) is 17.1 Å². The van der Waals surface area contributed by atoms with Gasteiger partial charge in [-0.05, 0) is 56.7 Å². The summed E-state index contributed by atoms with van der Waals surface area (Å²) in [6.07, 6.45) is 3.77. The largest absolute Gasteiger partial charge is 0.480 e. The van der Waals surface area contributed by atoms with Gasteiger partial charge in [0.1, 0.15) is 17.4 Å². The van der Waals surface area contributed by atoms with Gasteiger partial charge < -0.3 is 9.67 Å². The van der Waals surface area contributed by atoms with Crippen LogP contribution in [0.1, 0.15) is 47.2 Å². The number of carbonyl (C=O) groups is 1. The van der Waals surface area contributed by atoms with Crippen molar-refractivity contribution in [2.45, 2.75) is 52.0 Å². The number of hydrogen-bond donors (Lipinski definition) is 1. The van der Waals surface area contributed by atoms with Crippen molar-refractivity contribution in [1.82, 2.24) is 14.5 Å². The van der Waals surface area contributed by atoms with E-state index in [0.29, 0.717) is 12.8 Å². The second-order valence-corrected chi connectivity index (χ2v) is 8.33. The van der Waals surface area contributed by atoms with Crippen LogP contribution in [0.3, 0.4) is 0 Å². The lowest BCUT2D eigenvalue weighted by Crippen LogP contribution is -2.22. The number of hydrogen-bond acceptors (Lipinski definition) is 3. The van der Waals surface area contributed by atoms with E-state index in [1.807, 2.05) is 73.0 Å². The summed E-state index contributed by atoms with van der Waals surface area (Å²) in [6, 6.07) is 21.7. The number of pyridine rings is 1. The first-order valence-corrected chi connectivity index (χ1v) is 11.2. The molecule has 164 valence electrons. The van der Waals surface area contributed by atoms with E-state index in [0.717, 1.165) is 53.1 Å². The van der Waals surface area contributed by atoms with Crippen LogP contribution < -0.4 is 0 Å². The molecule has 0 spiro atoms. The van der Waals surface area contributed by atoms with Crippen molar-refractivity contribution in [3.8, 4) is 0 Å². The van der Waals surface area contributed by atoms with Crippen LogP contribution in [0.5, 0.6) is 0 Å². The average molecular weight is 428 g/mol.